The first-order valence-electron chi connectivity index (χ1n) is 6.93. The number of phenols is 2. The molecular formula is C17H20O4S. The smallest absolute Gasteiger partial charge is 0.207 e. The van der Waals surface area contributed by atoms with E-state index in [2.05, 4.69) is 0 Å². The first-order chi connectivity index (χ1) is 10.1. The molecule has 22 heavy (non-hydrogen) atoms. The summed E-state index contributed by atoms with van der Waals surface area (Å²) < 4.78 is 26.1. The number of benzene rings is 2. The second-order valence-electron chi connectivity index (χ2n) is 5.63. The van der Waals surface area contributed by atoms with Crippen LogP contribution in [0.25, 0.3) is 0 Å². The minimum absolute atomic E-state index is 0.0443. The highest BCUT2D eigenvalue weighted by Crippen LogP contribution is 2.36. The van der Waals surface area contributed by atoms with Gasteiger partial charge in [-0.2, -0.15) is 0 Å². The molecule has 0 aliphatic carbocycles. The molecule has 0 aliphatic rings. The van der Waals surface area contributed by atoms with Crippen molar-refractivity contribution < 1.29 is 18.6 Å². The summed E-state index contributed by atoms with van der Waals surface area (Å²) >= 11 is 0. The Labute approximate surface area is 131 Å². The Balaban J connectivity index is 2.87. The van der Waals surface area contributed by atoms with E-state index in [1.165, 1.54) is 12.1 Å². The van der Waals surface area contributed by atoms with Crippen LogP contribution in [0.4, 0.5) is 0 Å². The second kappa shape index (κ2) is 5.32. The Hall–Kier alpha value is -2.01. The van der Waals surface area contributed by atoms with Crippen molar-refractivity contribution in [2.45, 2.75) is 44.4 Å². The fraction of sp³-hybridized carbons (Fsp3) is 0.294. The van der Waals surface area contributed by atoms with Crippen LogP contribution in [-0.4, -0.2) is 18.6 Å². The molecule has 2 aromatic rings. The molecule has 0 spiro atoms. The molecule has 0 atom stereocenters. The zero-order valence-electron chi connectivity index (χ0n) is 13.4. The highest BCUT2D eigenvalue weighted by Gasteiger charge is 2.27. The van der Waals surface area contributed by atoms with Crippen LogP contribution in [0.15, 0.2) is 28.0 Å². The lowest BCUT2D eigenvalue weighted by atomic mass is 10.0. The Kier molecular flexibility index (Phi) is 3.96. The molecule has 2 N–H and O–H groups in total. The predicted octanol–water partition coefficient (Wildman–Crippen LogP) is 3.47. The van der Waals surface area contributed by atoms with Crippen LogP contribution in [0.3, 0.4) is 0 Å². The molecule has 0 unspecified atom stereocenters. The SMILES string of the molecule is Cc1ccc(O)c(C)c1S(=O)(=O)c1cc(O)c(C)c(C)c1C. The maximum Gasteiger partial charge on any atom is 0.207 e. The van der Waals surface area contributed by atoms with E-state index in [4.69, 9.17) is 0 Å². The lowest BCUT2D eigenvalue weighted by molar-refractivity contribution is 0.467. The number of rotatable bonds is 2. The summed E-state index contributed by atoms with van der Waals surface area (Å²) in [5, 5.41) is 19.8. The lowest BCUT2D eigenvalue weighted by Gasteiger charge is -2.17. The van der Waals surface area contributed by atoms with Crippen LogP contribution in [0, 0.1) is 34.6 Å². The van der Waals surface area contributed by atoms with Gasteiger partial charge in [-0.3, -0.25) is 0 Å². The summed E-state index contributed by atoms with van der Waals surface area (Å²) in [6.45, 7) is 8.52. The zero-order chi connectivity index (χ0) is 16.8. The third-order valence-corrected chi connectivity index (χ3v) is 6.45. The number of hydrogen-bond donors (Lipinski definition) is 2. The topological polar surface area (TPSA) is 74.6 Å². The highest BCUT2D eigenvalue weighted by atomic mass is 32.2. The fourth-order valence-electron chi connectivity index (χ4n) is 2.62. The number of aryl methyl sites for hydroxylation is 1. The molecule has 2 aromatic carbocycles. The zero-order valence-corrected chi connectivity index (χ0v) is 14.2. The maximum atomic E-state index is 13.0. The monoisotopic (exact) mass is 320 g/mol. The van der Waals surface area contributed by atoms with E-state index in [0.29, 0.717) is 22.3 Å². The van der Waals surface area contributed by atoms with E-state index < -0.39 is 9.84 Å². The summed E-state index contributed by atoms with van der Waals surface area (Å²) in [4.78, 5) is 0.170. The van der Waals surface area contributed by atoms with Crippen molar-refractivity contribution >= 4 is 9.84 Å². The first kappa shape index (κ1) is 16.4. The van der Waals surface area contributed by atoms with Crippen molar-refractivity contribution in [2.75, 3.05) is 0 Å². The van der Waals surface area contributed by atoms with Crippen molar-refractivity contribution in [2.24, 2.45) is 0 Å². The van der Waals surface area contributed by atoms with Crippen molar-refractivity contribution in [1.82, 2.24) is 0 Å². The lowest BCUT2D eigenvalue weighted by Crippen LogP contribution is -2.09. The van der Waals surface area contributed by atoms with E-state index in [-0.39, 0.29) is 21.3 Å². The van der Waals surface area contributed by atoms with Gasteiger partial charge >= 0.3 is 0 Å². The summed E-state index contributed by atoms with van der Waals surface area (Å²) in [5.41, 5.74) is 2.90. The molecule has 0 saturated carbocycles. The van der Waals surface area contributed by atoms with Crippen molar-refractivity contribution in [3.63, 3.8) is 0 Å². The Morgan fingerprint density at radius 1 is 0.773 bits per heavy atom. The summed E-state index contributed by atoms with van der Waals surface area (Å²) in [7, 11) is -3.84. The second-order valence-corrected chi connectivity index (χ2v) is 7.48. The number of aromatic hydroxyl groups is 2. The fourth-order valence-corrected chi connectivity index (χ4v) is 4.66. The summed E-state index contributed by atoms with van der Waals surface area (Å²) in [5.74, 6) is -0.105. The van der Waals surface area contributed by atoms with Crippen molar-refractivity contribution in [3.8, 4) is 11.5 Å². The van der Waals surface area contributed by atoms with Crippen LogP contribution in [0.5, 0.6) is 11.5 Å². The van der Waals surface area contributed by atoms with Crippen molar-refractivity contribution in [3.05, 3.63) is 46.0 Å². The summed E-state index contributed by atoms with van der Waals surface area (Å²) in [6.07, 6.45) is 0. The largest absolute Gasteiger partial charge is 0.508 e. The van der Waals surface area contributed by atoms with Crippen molar-refractivity contribution in [1.29, 1.82) is 0 Å². The minimum Gasteiger partial charge on any atom is -0.508 e. The summed E-state index contributed by atoms with van der Waals surface area (Å²) in [6, 6.07) is 4.34. The Bertz CT molecular complexity index is 865. The van der Waals surface area contributed by atoms with Crippen LogP contribution >= 0.6 is 0 Å². The Morgan fingerprint density at radius 3 is 1.95 bits per heavy atom. The molecule has 0 fully saturated rings. The van der Waals surface area contributed by atoms with Gasteiger partial charge in [0.05, 0.1) is 9.79 Å². The molecule has 0 heterocycles. The molecule has 0 aliphatic heterocycles. The van der Waals surface area contributed by atoms with Crippen LogP contribution < -0.4 is 0 Å². The molecular weight excluding hydrogens is 300 g/mol. The normalized spacial score (nSPS) is 11.7. The van der Waals surface area contributed by atoms with Gasteiger partial charge in [0.25, 0.3) is 0 Å². The van der Waals surface area contributed by atoms with Gasteiger partial charge in [-0.1, -0.05) is 6.07 Å². The predicted molar refractivity (Wildman–Crippen MR) is 85.4 cm³/mol. The van der Waals surface area contributed by atoms with E-state index >= 15 is 0 Å². The maximum absolute atomic E-state index is 13.0. The molecule has 0 aromatic heterocycles. The van der Waals surface area contributed by atoms with E-state index in [1.54, 1.807) is 40.7 Å². The van der Waals surface area contributed by atoms with Crippen LogP contribution in [0.2, 0.25) is 0 Å². The average molecular weight is 320 g/mol. The molecule has 0 amide bonds. The number of hydrogen-bond acceptors (Lipinski definition) is 4. The highest BCUT2D eigenvalue weighted by molar-refractivity contribution is 7.91. The minimum atomic E-state index is -3.84. The molecule has 0 bridgehead atoms. The van der Waals surface area contributed by atoms with Gasteiger partial charge in [-0.25, -0.2) is 8.42 Å². The molecule has 0 saturated heterocycles. The van der Waals surface area contributed by atoms with Gasteiger partial charge < -0.3 is 10.2 Å². The van der Waals surface area contributed by atoms with Gasteiger partial charge in [-0.15, -0.1) is 0 Å². The van der Waals surface area contributed by atoms with Gasteiger partial charge in [0.1, 0.15) is 11.5 Å². The molecule has 118 valence electrons. The molecule has 5 heteroatoms. The van der Waals surface area contributed by atoms with E-state index in [9.17, 15) is 18.6 Å². The third-order valence-electron chi connectivity index (χ3n) is 4.28. The number of sulfone groups is 1. The van der Waals surface area contributed by atoms with Crippen LogP contribution in [0.1, 0.15) is 27.8 Å². The van der Waals surface area contributed by atoms with E-state index in [0.717, 1.165) is 5.56 Å². The molecule has 0 radical (unpaired) electrons. The van der Waals surface area contributed by atoms with Crippen LogP contribution in [-0.2, 0) is 9.84 Å². The van der Waals surface area contributed by atoms with Gasteiger partial charge in [0, 0.05) is 5.56 Å². The Morgan fingerprint density at radius 2 is 1.36 bits per heavy atom. The molecule has 4 nitrogen and oxygen atoms in total. The molecule has 2 rings (SSSR count). The van der Waals surface area contributed by atoms with E-state index in [1.807, 2.05) is 0 Å². The standard InChI is InChI=1S/C17H20O4S/c1-9-6-7-14(18)13(5)17(9)22(20,21)16-8-15(19)11(3)10(2)12(16)4/h6-8,18-19H,1-5H3. The van der Waals surface area contributed by atoms with Gasteiger partial charge in [0.2, 0.25) is 9.84 Å². The number of phenolic OH excluding ortho intramolecular Hbond substituents is 2. The quantitative estimate of drug-likeness (QED) is 0.888. The van der Waals surface area contributed by atoms with Gasteiger partial charge in [0.15, 0.2) is 0 Å². The third kappa shape index (κ3) is 2.35. The first-order valence-corrected chi connectivity index (χ1v) is 8.41. The van der Waals surface area contributed by atoms with Gasteiger partial charge in [-0.05, 0) is 69.0 Å². The average Bonchev–Trinajstić information content (AvgIpc) is 2.44.